The van der Waals surface area contributed by atoms with Crippen LogP contribution in [0.4, 0.5) is 17.1 Å². The van der Waals surface area contributed by atoms with Crippen molar-refractivity contribution in [2.24, 2.45) is 0 Å². The molecule has 1 aliphatic carbocycles. The van der Waals surface area contributed by atoms with Gasteiger partial charge in [-0.15, -0.1) is 0 Å². The predicted octanol–water partition coefficient (Wildman–Crippen LogP) is 15.8. The van der Waals surface area contributed by atoms with E-state index in [0.29, 0.717) is 0 Å². The molecule has 13 rings (SSSR count). The zero-order valence-corrected chi connectivity index (χ0v) is 42.4. The highest BCUT2D eigenvalue weighted by Crippen LogP contribution is 2.57. The molecule has 3 heterocycles. The molecule has 0 saturated heterocycles. The van der Waals surface area contributed by atoms with E-state index in [2.05, 4.69) is 243 Å². The SMILES string of the molecule is Cc1cc(C)c(-c2cc3c4c(c2)N(c2ccc(C(C)(C)C)cc2)c2ccc(C(C)(C)C)cc2B4c2cc(-n4c5ccccc5c5c6ccccc6ccc54)c4c(c2O3)C(C)(C)c2ccccc2-4)c(C)c1. The Labute approximate surface area is 413 Å². The van der Waals surface area contributed by atoms with Crippen molar-refractivity contribution in [3.05, 3.63) is 197 Å². The van der Waals surface area contributed by atoms with E-state index in [-0.39, 0.29) is 23.0 Å². The topological polar surface area (TPSA) is 17.4 Å². The Morgan fingerprint density at radius 1 is 0.543 bits per heavy atom. The van der Waals surface area contributed by atoms with Gasteiger partial charge in [0, 0.05) is 44.4 Å². The van der Waals surface area contributed by atoms with E-state index in [9.17, 15) is 0 Å². The first-order valence-corrected chi connectivity index (χ1v) is 25.2. The highest BCUT2D eigenvalue weighted by atomic mass is 16.5. The third-order valence-corrected chi connectivity index (χ3v) is 16.2. The van der Waals surface area contributed by atoms with Crippen molar-refractivity contribution in [2.75, 3.05) is 4.90 Å². The van der Waals surface area contributed by atoms with Gasteiger partial charge in [0.15, 0.2) is 0 Å². The fourth-order valence-electron chi connectivity index (χ4n) is 12.9. The minimum Gasteiger partial charge on any atom is -0.458 e. The van der Waals surface area contributed by atoms with E-state index in [1.165, 1.54) is 122 Å². The first-order chi connectivity index (χ1) is 33.5. The van der Waals surface area contributed by atoms with Crippen LogP contribution in [0, 0.1) is 20.8 Å². The van der Waals surface area contributed by atoms with Crippen molar-refractivity contribution < 1.29 is 4.74 Å². The number of fused-ring (bicyclic) bond motifs is 13. The number of rotatable bonds is 3. The number of aryl methyl sites for hydroxylation is 3. The molecule has 0 atom stereocenters. The molecule has 3 aliphatic rings. The van der Waals surface area contributed by atoms with Crippen molar-refractivity contribution in [1.29, 1.82) is 0 Å². The molecule has 0 bridgehead atoms. The van der Waals surface area contributed by atoms with Crippen molar-refractivity contribution >= 4 is 72.7 Å². The fourth-order valence-corrected chi connectivity index (χ4v) is 12.9. The molecule has 2 aliphatic heterocycles. The minimum absolute atomic E-state index is 0.0248. The molecule has 4 heteroatoms. The summed E-state index contributed by atoms with van der Waals surface area (Å²) in [6.07, 6.45) is 0. The Morgan fingerprint density at radius 2 is 1.21 bits per heavy atom. The first kappa shape index (κ1) is 42.8. The molecule has 9 aromatic carbocycles. The number of benzene rings is 9. The van der Waals surface area contributed by atoms with Crippen LogP contribution in [-0.2, 0) is 16.2 Å². The number of aromatic nitrogens is 1. The van der Waals surface area contributed by atoms with Crippen LogP contribution in [0.2, 0.25) is 0 Å². The summed E-state index contributed by atoms with van der Waals surface area (Å²) in [6, 6.07) is 60.3. The minimum atomic E-state index is -0.370. The molecule has 3 nitrogen and oxygen atoms in total. The van der Waals surface area contributed by atoms with Crippen molar-refractivity contribution in [1.82, 2.24) is 4.57 Å². The zero-order valence-electron chi connectivity index (χ0n) is 42.4. The summed E-state index contributed by atoms with van der Waals surface area (Å²) in [6.45, 7) is 25.3. The standard InChI is InChI=1S/C66H59BN2O/c1-38-32-39(2)58(40(3)33-38)42-34-56-62-57(35-42)70-63-51(67(62)50-36-44(65(7,8)9)27-31-53(50)68(56)45-28-25-43(26-29-45)64(4,5)6)37-55(60-47-20-14-16-22-49(47)66(10,11)61(60)63)69-52-23-17-15-21-48(52)59-46-19-13-12-18-41(46)24-30-54(59)69/h12-37H,1-11H3. The van der Waals surface area contributed by atoms with Crippen LogP contribution in [0.3, 0.4) is 0 Å². The Kier molecular flexibility index (Phi) is 8.94. The molecule has 0 saturated carbocycles. The molecule has 0 radical (unpaired) electrons. The van der Waals surface area contributed by atoms with E-state index in [1.54, 1.807) is 0 Å². The Morgan fingerprint density at radius 3 is 1.96 bits per heavy atom. The number of nitrogens with zero attached hydrogens (tertiary/aromatic N) is 2. The second kappa shape index (κ2) is 14.6. The maximum atomic E-state index is 7.83. The van der Waals surface area contributed by atoms with E-state index in [1.807, 2.05) is 0 Å². The third-order valence-electron chi connectivity index (χ3n) is 16.2. The van der Waals surface area contributed by atoms with Gasteiger partial charge in [-0.1, -0.05) is 170 Å². The van der Waals surface area contributed by atoms with Gasteiger partial charge in [0.25, 0.3) is 6.71 Å². The van der Waals surface area contributed by atoms with Crippen molar-refractivity contribution in [3.8, 4) is 39.4 Å². The molecule has 0 spiro atoms. The van der Waals surface area contributed by atoms with E-state index in [4.69, 9.17) is 4.74 Å². The number of hydrogen-bond acceptors (Lipinski definition) is 2. The molecular weight excluding hydrogens is 848 g/mol. The molecule has 70 heavy (non-hydrogen) atoms. The van der Waals surface area contributed by atoms with Gasteiger partial charge in [-0.3, -0.25) is 0 Å². The van der Waals surface area contributed by atoms with Gasteiger partial charge in [0.05, 0.1) is 16.7 Å². The number of hydrogen-bond donors (Lipinski definition) is 0. The van der Waals surface area contributed by atoms with Gasteiger partial charge in [-0.05, 0) is 152 Å². The lowest BCUT2D eigenvalue weighted by Crippen LogP contribution is -2.60. The van der Waals surface area contributed by atoms with Crippen LogP contribution in [0.1, 0.15) is 94.3 Å². The van der Waals surface area contributed by atoms with Gasteiger partial charge in [0.2, 0.25) is 0 Å². The highest BCUT2D eigenvalue weighted by Gasteiger charge is 2.48. The number of para-hydroxylation sites is 1. The number of ether oxygens (including phenoxy) is 1. The first-order valence-electron chi connectivity index (χ1n) is 25.2. The summed E-state index contributed by atoms with van der Waals surface area (Å²) in [5.41, 5.74) is 24.4. The summed E-state index contributed by atoms with van der Waals surface area (Å²) in [7, 11) is 0. The summed E-state index contributed by atoms with van der Waals surface area (Å²) < 4.78 is 10.4. The molecule has 10 aromatic rings. The Bertz CT molecular complexity index is 3870. The van der Waals surface area contributed by atoms with E-state index < -0.39 is 0 Å². The average Bonchev–Trinajstić information content (AvgIpc) is 3.79. The van der Waals surface area contributed by atoms with Crippen LogP contribution < -0.4 is 26.0 Å². The zero-order chi connectivity index (χ0) is 48.3. The van der Waals surface area contributed by atoms with E-state index >= 15 is 0 Å². The smallest absolute Gasteiger partial charge is 0.256 e. The molecule has 0 N–H and O–H groups in total. The Balaban J connectivity index is 1.18. The lowest BCUT2D eigenvalue weighted by molar-refractivity contribution is 0.469. The molecule has 0 amide bonds. The van der Waals surface area contributed by atoms with Gasteiger partial charge >= 0.3 is 0 Å². The van der Waals surface area contributed by atoms with Gasteiger partial charge in [0.1, 0.15) is 11.5 Å². The highest BCUT2D eigenvalue weighted by molar-refractivity contribution is 6.99. The molecular formula is C66H59BN2O. The van der Waals surface area contributed by atoms with Gasteiger partial charge < -0.3 is 14.2 Å². The number of anilines is 3. The summed E-state index contributed by atoms with van der Waals surface area (Å²) in [4.78, 5) is 2.53. The average molecular weight is 907 g/mol. The van der Waals surface area contributed by atoms with Crippen LogP contribution in [0.25, 0.3) is 60.5 Å². The van der Waals surface area contributed by atoms with E-state index in [0.717, 1.165) is 22.9 Å². The monoisotopic (exact) mass is 906 g/mol. The maximum absolute atomic E-state index is 7.83. The quantitative estimate of drug-likeness (QED) is 0.164. The van der Waals surface area contributed by atoms with Gasteiger partial charge in [-0.2, -0.15) is 0 Å². The van der Waals surface area contributed by atoms with Crippen LogP contribution in [0.15, 0.2) is 158 Å². The van der Waals surface area contributed by atoms with Crippen molar-refractivity contribution in [3.63, 3.8) is 0 Å². The normalized spacial score (nSPS) is 14.4. The lowest BCUT2D eigenvalue weighted by Gasteiger charge is -2.42. The van der Waals surface area contributed by atoms with Crippen LogP contribution in [-0.4, -0.2) is 11.3 Å². The summed E-state index contributed by atoms with van der Waals surface area (Å²) >= 11 is 0. The summed E-state index contributed by atoms with van der Waals surface area (Å²) in [5, 5.41) is 5.07. The molecule has 0 fully saturated rings. The second-order valence-electron chi connectivity index (χ2n) is 23.1. The lowest BCUT2D eigenvalue weighted by atomic mass is 9.33. The predicted molar refractivity (Wildman–Crippen MR) is 299 cm³/mol. The van der Waals surface area contributed by atoms with Gasteiger partial charge in [-0.25, -0.2) is 0 Å². The molecule has 0 unspecified atom stereocenters. The van der Waals surface area contributed by atoms with Crippen LogP contribution in [0.5, 0.6) is 11.5 Å². The summed E-state index contributed by atoms with van der Waals surface area (Å²) in [5.74, 6) is 1.91. The maximum Gasteiger partial charge on any atom is 0.256 e. The molecule has 1 aromatic heterocycles. The van der Waals surface area contributed by atoms with Crippen molar-refractivity contribution in [2.45, 2.75) is 92.4 Å². The second-order valence-corrected chi connectivity index (χ2v) is 23.1. The third kappa shape index (κ3) is 6.01. The molecule has 342 valence electrons. The largest absolute Gasteiger partial charge is 0.458 e. The Hall–Kier alpha value is -7.30. The fraction of sp³-hybridized carbons (Fsp3) is 0.212. The van der Waals surface area contributed by atoms with Crippen LogP contribution >= 0.6 is 0 Å².